The molecule has 2 aromatic rings. The molecule has 1 N–H and O–H groups in total. The van der Waals surface area contributed by atoms with Crippen LogP contribution in [-0.4, -0.2) is 22.6 Å². The van der Waals surface area contributed by atoms with Crippen molar-refractivity contribution in [3.63, 3.8) is 0 Å². The normalized spacial score (nSPS) is 14.0. The van der Waals surface area contributed by atoms with Crippen molar-refractivity contribution in [2.75, 3.05) is 6.61 Å². The number of aromatic nitrogens is 2. The van der Waals surface area contributed by atoms with Crippen molar-refractivity contribution in [1.29, 1.82) is 0 Å². The molecule has 0 aliphatic heterocycles. The first-order chi connectivity index (χ1) is 10.3. The van der Waals surface area contributed by atoms with E-state index in [1.54, 1.807) is 12.4 Å². The SMILES string of the molecule is CCOc1cccc(Oc2cncc(CNC3CC3)n2)c1. The largest absolute Gasteiger partial charge is 0.494 e. The van der Waals surface area contributed by atoms with Crippen molar-refractivity contribution >= 4 is 0 Å². The van der Waals surface area contributed by atoms with Crippen LogP contribution in [0.25, 0.3) is 0 Å². The van der Waals surface area contributed by atoms with Crippen LogP contribution in [0, 0.1) is 0 Å². The molecule has 110 valence electrons. The van der Waals surface area contributed by atoms with Gasteiger partial charge in [0.25, 0.3) is 0 Å². The molecular weight excluding hydrogens is 266 g/mol. The summed E-state index contributed by atoms with van der Waals surface area (Å²) < 4.78 is 11.2. The van der Waals surface area contributed by atoms with E-state index < -0.39 is 0 Å². The van der Waals surface area contributed by atoms with Crippen molar-refractivity contribution in [2.24, 2.45) is 0 Å². The van der Waals surface area contributed by atoms with Crippen molar-refractivity contribution in [3.05, 3.63) is 42.4 Å². The summed E-state index contributed by atoms with van der Waals surface area (Å²) in [6.07, 6.45) is 5.90. The summed E-state index contributed by atoms with van der Waals surface area (Å²) in [6.45, 7) is 3.31. The summed E-state index contributed by atoms with van der Waals surface area (Å²) >= 11 is 0. The minimum absolute atomic E-state index is 0.499. The van der Waals surface area contributed by atoms with Gasteiger partial charge in [-0.3, -0.25) is 4.98 Å². The maximum atomic E-state index is 5.75. The lowest BCUT2D eigenvalue weighted by Gasteiger charge is -2.08. The van der Waals surface area contributed by atoms with Gasteiger partial charge in [0, 0.05) is 24.8 Å². The highest BCUT2D eigenvalue weighted by Crippen LogP contribution is 2.24. The van der Waals surface area contributed by atoms with Gasteiger partial charge in [-0.1, -0.05) is 6.07 Å². The van der Waals surface area contributed by atoms with Gasteiger partial charge in [0.05, 0.1) is 18.5 Å². The molecule has 1 fully saturated rings. The Morgan fingerprint density at radius 1 is 1.24 bits per heavy atom. The summed E-state index contributed by atoms with van der Waals surface area (Å²) in [5, 5.41) is 3.41. The van der Waals surface area contributed by atoms with E-state index in [0.29, 0.717) is 24.3 Å². The van der Waals surface area contributed by atoms with Crippen molar-refractivity contribution < 1.29 is 9.47 Å². The number of nitrogens with one attached hydrogen (secondary N) is 1. The van der Waals surface area contributed by atoms with E-state index in [9.17, 15) is 0 Å². The molecule has 1 heterocycles. The Labute approximate surface area is 124 Å². The van der Waals surface area contributed by atoms with Crippen molar-refractivity contribution in [3.8, 4) is 17.4 Å². The van der Waals surface area contributed by atoms with Crippen LogP contribution in [0.2, 0.25) is 0 Å². The van der Waals surface area contributed by atoms with Gasteiger partial charge >= 0.3 is 0 Å². The van der Waals surface area contributed by atoms with Crippen LogP contribution in [0.5, 0.6) is 17.4 Å². The Hall–Kier alpha value is -2.14. The summed E-state index contributed by atoms with van der Waals surface area (Å²) in [4.78, 5) is 8.63. The Balaban J connectivity index is 1.65. The Bertz CT molecular complexity index is 600. The highest BCUT2D eigenvalue weighted by molar-refractivity contribution is 5.34. The molecule has 0 bridgehead atoms. The van der Waals surface area contributed by atoms with Crippen LogP contribution < -0.4 is 14.8 Å². The predicted octanol–water partition coefficient (Wildman–Crippen LogP) is 2.92. The molecule has 1 aliphatic carbocycles. The fourth-order valence-corrected chi connectivity index (χ4v) is 1.97. The van der Waals surface area contributed by atoms with Crippen LogP contribution in [-0.2, 0) is 6.54 Å². The van der Waals surface area contributed by atoms with Crippen LogP contribution in [0.3, 0.4) is 0 Å². The average molecular weight is 285 g/mol. The van der Waals surface area contributed by atoms with Gasteiger partial charge in [-0.15, -0.1) is 0 Å². The zero-order valence-corrected chi connectivity index (χ0v) is 12.1. The molecular formula is C16H19N3O2. The van der Waals surface area contributed by atoms with Gasteiger partial charge in [0.1, 0.15) is 11.5 Å². The zero-order chi connectivity index (χ0) is 14.5. The van der Waals surface area contributed by atoms with E-state index in [0.717, 1.165) is 18.0 Å². The second kappa shape index (κ2) is 6.54. The molecule has 0 radical (unpaired) electrons. The van der Waals surface area contributed by atoms with Crippen LogP contribution in [0.1, 0.15) is 25.5 Å². The number of hydrogen-bond donors (Lipinski definition) is 1. The first-order valence-corrected chi connectivity index (χ1v) is 7.28. The lowest BCUT2D eigenvalue weighted by Crippen LogP contribution is -2.16. The highest BCUT2D eigenvalue weighted by atomic mass is 16.5. The molecule has 0 saturated heterocycles. The maximum Gasteiger partial charge on any atom is 0.238 e. The Morgan fingerprint density at radius 3 is 2.90 bits per heavy atom. The Morgan fingerprint density at radius 2 is 2.10 bits per heavy atom. The average Bonchev–Trinajstić information content (AvgIpc) is 3.31. The fourth-order valence-electron chi connectivity index (χ4n) is 1.97. The molecule has 0 spiro atoms. The van der Waals surface area contributed by atoms with Gasteiger partial charge in [0.15, 0.2) is 0 Å². The molecule has 21 heavy (non-hydrogen) atoms. The molecule has 1 saturated carbocycles. The third-order valence-electron chi connectivity index (χ3n) is 3.15. The van der Waals surface area contributed by atoms with Crippen LogP contribution in [0.15, 0.2) is 36.7 Å². The number of ether oxygens (including phenoxy) is 2. The van der Waals surface area contributed by atoms with E-state index in [2.05, 4.69) is 15.3 Å². The lowest BCUT2D eigenvalue weighted by atomic mass is 10.3. The van der Waals surface area contributed by atoms with E-state index in [4.69, 9.17) is 9.47 Å². The third kappa shape index (κ3) is 4.16. The predicted molar refractivity (Wildman–Crippen MR) is 79.6 cm³/mol. The highest BCUT2D eigenvalue weighted by Gasteiger charge is 2.20. The maximum absolute atomic E-state index is 5.75. The molecule has 1 aromatic heterocycles. The summed E-state index contributed by atoms with van der Waals surface area (Å²) in [7, 11) is 0. The standard InChI is InChI=1S/C16H19N3O2/c1-2-20-14-4-3-5-15(8-14)21-16-11-17-9-13(19-16)10-18-12-6-7-12/h3-5,8-9,11-12,18H,2,6-7,10H2,1H3. The fraction of sp³-hybridized carbons (Fsp3) is 0.375. The summed E-state index contributed by atoms with van der Waals surface area (Å²) in [5.41, 5.74) is 0.889. The second-order valence-corrected chi connectivity index (χ2v) is 5.01. The quantitative estimate of drug-likeness (QED) is 0.847. The van der Waals surface area contributed by atoms with E-state index in [1.165, 1.54) is 12.8 Å². The smallest absolute Gasteiger partial charge is 0.238 e. The topological polar surface area (TPSA) is 56.3 Å². The molecule has 1 aliphatic rings. The monoisotopic (exact) mass is 285 g/mol. The van der Waals surface area contributed by atoms with Gasteiger partial charge in [0.2, 0.25) is 5.88 Å². The van der Waals surface area contributed by atoms with E-state index >= 15 is 0 Å². The van der Waals surface area contributed by atoms with Crippen molar-refractivity contribution in [2.45, 2.75) is 32.4 Å². The number of hydrogen-bond acceptors (Lipinski definition) is 5. The molecule has 3 rings (SSSR count). The first-order valence-electron chi connectivity index (χ1n) is 7.28. The van der Waals surface area contributed by atoms with E-state index in [-0.39, 0.29) is 0 Å². The third-order valence-corrected chi connectivity index (χ3v) is 3.15. The first kappa shape index (κ1) is 13.8. The minimum Gasteiger partial charge on any atom is -0.494 e. The molecule has 0 amide bonds. The molecule has 5 heteroatoms. The van der Waals surface area contributed by atoms with Crippen LogP contribution in [0.4, 0.5) is 0 Å². The van der Waals surface area contributed by atoms with Gasteiger partial charge in [-0.25, -0.2) is 4.98 Å². The van der Waals surface area contributed by atoms with Crippen LogP contribution >= 0.6 is 0 Å². The van der Waals surface area contributed by atoms with Gasteiger partial charge in [-0.2, -0.15) is 0 Å². The minimum atomic E-state index is 0.499. The van der Waals surface area contributed by atoms with Gasteiger partial charge in [-0.05, 0) is 31.9 Å². The summed E-state index contributed by atoms with van der Waals surface area (Å²) in [6, 6.07) is 8.17. The lowest BCUT2D eigenvalue weighted by molar-refractivity contribution is 0.338. The number of benzene rings is 1. The van der Waals surface area contributed by atoms with Gasteiger partial charge < -0.3 is 14.8 Å². The zero-order valence-electron chi connectivity index (χ0n) is 12.1. The Kier molecular flexibility index (Phi) is 4.31. The summed E-state index contributed by atoms with van der Waals surface area (Å²) in [5.74, 6) is 1.98. The molecule has 0 unspecified atom stereocenters. The second-order valence-electron chi connectivity index (χ2n) is 5.01. The van der Waals surface area contributed by atoms with Crippen molar-refractivity contribution in [1.82, 2.24) is 15.3 Å². The van der Waals surface area contributed by atoms with E-state index in [1.807, 2.05) is 31.2 Å². The molecule has 1 aromatic carbocycles. The molecule has 5 nitrogen and oxygen atoms in total. The molecule has 0 atom stereocenters. The number of nitrogens with zero attached hydrogens (tertiary/aromatic N) is 2. The number of rotatable bonds is 7.